The molecule has 156 valence electrons. The minimum absolute atomic E-state index is 0.0597. The third-order valence-corrected chi connectivity index (χ3v) is 4.63. The first-order chi connectivity index (χ1) is 14.4. The summed E-state index contributed by atoms with van der Waals surface area (Å²) >= 11 is 0. The lowest BCUT2D eigenvalue weighted by Gasteiger charge is -2.10. The molecule has 0 aliphatic carbocycles. The Morgan fingerprint density at radius 3 is 2.53 bits per heavy atom. The number of para-hydroxylation sites is 1. The predicted octanol–water partition coefficient (Wildman–Crippen LogP) is 3.55. The number of hydrogen-bond donors (Lipinski definition) is 0. The van der Waals surface area contributed by atoms with Crippen LogP contribution < -0.4 is 15.0 Å². The van der Waals surface area contributed by atoms with Gasteiger partial charge in [-0.2, -0.15) is 0 Å². The van der Waals surface area contributed by atoms with Gasteiger partial charge in [-0.3, -0.25) is 19.6 Å². The van der Waals surface area contributed by atoms with E-state index >= 15 is 0 Å². The molecule has 2 aromatic carbocycles. The fourth-order valence-electron chi connectivity index (χ4n) is 3.10. The summed E-state index contributed by atoms with van der Waals surface area (Å²) in [6, 6.07) is 12.1. The van der Waals surface area contributed by atoms with Crippen molar-refractivity contribution in [2.24, 2.45) is 12.0 Å². The van der Waals surface area contributed by atoms with Crippen LogP contribution in [0.25, 0.3) is 5.69 Å². The highest BCUT2D eigenvalue weighted by Crippen LogP contribution is 2.38. The molecule has 0 unspecified atom stereocenters. The normalized spacial score (nSPS) is 11.1. The molecule has 0 N–H and O–H groups in total. The van der Waals surface area contributed by atoms with Crippen LogP contribution in [0.1, 0.15) is 18.2 Å². The zero-order chi connectivity index (χ0) is 21.8. The Bertz CT molecular complexity index is 1160. The topological polar surface area (TPSA) is 101 Å². The Morgan fingerprint density at radius 2 is 1.93 bits per heavy atom. The number of methoxy groups -OCH3 is 1. The molecule has 0 fully saturated rings. The van der Waals surface area contributed by atoms with Crippen molar-refractivity contribution in [1.29, 1.82) is 0 Å². The number of nitrogens with zero attached hydrogens (tertiary/aromatic N) is 4. The number of nitro benzene ring substituents is 1. The second-order valence-corrected chi connectivity index (χ2v) is 6.43. The predicted molar refractivity (Wildman–Crippen MR) is 114 cm³/mol. The minimum Gasteiger partial charge on any atom is -0.493 e. The van der Waals surface area contributed by atoms with E-state index in [0.717, 1.165) is 0 Å². The van der Waals surface area contributed by atoms with Crippen molar-refractivity contribution in [3.8, 4) is 17.2 Å². The molecule has 0 saturated heterocycles. The Kier molecular flexibility index (Phi) is 6.01. The fraction of sp³-hybridized carbons (Fsp3) is 0.238. The number of rotatable bonds is 7. The van der Waals surface area contributed by atoms with Crippen LogP contribution in [0.3, 0.4) is 0 Å². The minimum atomic E-state index is -0.541. The van der Waals surface area contributed by atoms with Gasteiger partial charge in [0.25, 0.3) is 5.56 Å². The number of benzene rings is 2. The molecular weight excluding hydrogens is 388 g/mol. The molecule has 1 heterocycles. The molecule has 0 atom stereocenters. The van der Waals surface area contributed by atoms with Gasteiger partial charge in [0.1, 0.15) is 0 Å². The van der Waals surface area contributed by atoms with Gasteiger partial charge in [0.15, 0.2) is 11.4 Å². The number of aliphatic imine (C=N–C) groups is 1. The fourth-order valence-corrected chi connectivity index (χ4v) is 3.10. The molecule has 3 aromatic rings. The lowest BCUT2D eigenvalue weighted by Crippen LogP contribution is -2.19. The maximum Gasteiger partial charge on any atom is 0.315 e. The van der Waals surface area contributed by atoms with Gasteiger partial charge in [-0.1, -0.05) is 18.2 Å². The molecule has 3 rings (SSSR count). The van der Waals surface area contributed by atoms with Crippen LogP contribution in [-0.4, -0.2) is 34.2 Å². The van der Waals surface area contributed by atoms with Crippen LogP contribution >= 0.6 is 0 Å². The van der Waals surface area contributed by atoms with E-state index in [9.17, 15) is 14.9 Å². The quantitative estimate of drug-likeness (QED) is 0.337. The second-order valence-electron chi connectivity index (χ2n) is 6.43. The molecule has 0 amide bonds. The van der Waals surface area contributed by atoms with Crippen molar-refractivity contribution in [2.45, 2.75) is 13.8 Å². The zero-order valence-electron chi connectivity index (χ0n) is 17.2. The van der Waals surface area contributed by atoms with Crippen molar-refractivity contribution < 1.29 is 14.4 Å². The standard InChI is InChI=1S/C21H22N4O5/c1-5-30-20-17(25(27)28)11-15(12-18(20)29-4)13-22-19-14(2)23(3)24(21(19)26)16-9-7-6-8-10-16/h6-13H,5H2,1-4H3. The van der Waals surface area contributed by atoms with E-state index in [1.807, 2.05) is 30.3 Å². The molecule has 1 aromatic heterocycles. The molecule has 9 nitrogen and oxygen atoms in total. The third kappa shape index (κ3) is 3.82. The van der Waals surface area contributed by atoms with Crippen LogP contribution in [0.5, 0.6) is 11.5 Å². The molecule has 9 heteroatoms. The first kappa shape index (κ1) is 20.8. The molecule has 0 bridgehead atoms. The van der Waals surface area contributed by atoms with Gasteiger partial charge in [0.05, 0.1) is 30.0 Å². The Balaban J connectivity index is 2.08. The summed E-state index contributed by atoms with van der Waals surface area (Å²) in [6.07, 6.45) is 1.41. The van der Waals surface area contributed by atoms with Crippen molar-refractivity contribution in [3.63, 3.8) is 0 Å². The monoisotopic (exact) mass is 410 g/mol. The van der Waals surface area contributed by atoms with Crippen LogP contribution in [-0.2, 0) is 7.05 Å². The zero-order valence-corrected chi connectivity index (χ0v) is 17.2. The van der Waals surface area contributed by atoms with Crippen LogP contribution in [0.4, 0.5) is 11.4 Å². The van der Waals surface area contributed by atoms with Gasteiger partial charge in [0.2, 0.25) is 5.75 Å². The van der Waals surface area contributed by atoms with Crippen molar-refractivity contribution >= 4 is 17.6 Å². The van der Waals surface area contributed by atoms with Crippen LogP contribution in [0, 0.1) is 17.0 Å². The number of hydrogen-bond acceptors (Lipinski definition) is 6. The Morgan fingerprint density at radius 1 is 1.23 bits per heavy atom. The maximum absolute atomic E-state index is 12.9. The summed E-state index contributed by atoms with van der Waals surface area (Å²) < 4.78 is 13.9. The van der Waals surface area contributed by atoms with Gasteiger partial charge in [-0.25, -0.2) is 9.67 Å². The van der Waals surface area contributed by atoms with Crippen molar-refractivity contribution in [3.05, 3.63) is 74.2 Å². The summed E-state index contributed by atoms with van der Waals surface area (Å²) in [5.74, 6) is 0.281. The van der Waals surface area contributed by atoms with Gasteiger partial charge in [-0.05, 0) is 32.0 Å². The number of aromatic nitrogens is 2. The molecule has 0 saturated carbocycles. The van der Waals surface area contributed by atoms with E-state index < -0.39 is 4.92 Å². The first-order valence-corrected chi connectivity index (χ1v) is 9.26. The lowest BCUT2D eigenvalue weighted by atomic mass is 10.2. The molecule has 0 radical (unpaired) electrons. The van der Waals surface area contributed by atoms with Crippen molar-refractivity contribution in [1.82, 2.24) is 9.36 Å². The number of nitro groups is 1. The highest BCUT2D eigenvalue weighted by molar-refractivity contribution is 5.85. The smallest absolute Gasteiger partial charge is 0.315 e. The van der Waals surface area contributed by atoms with Crippen LogP contribution in [0.15, 0.2) is 52.3 Å². The summed E-state index contributed by atoms with van der Waals surface area (Å²) in [5.41, 5.74) is 1.52. The average molecular weight is 410 g/mol. The summed E-state index contributed by atoms with van der Waals surface area (Å²) in [7, 11) is 3.18. The summed E-state index contributed by atoms with van der Waals surface area (Å²) in [5, 5.41) is 11.5. The van der Waals surface area contributed by atoms with Gasteiger partial charge < -0.3 is 9.47 Å². The Labute approximate surface area is 172 Å². The highest BCUT2D eigenvalue weighted by atomic mass is 16.6. The summed E-state index contributed by atoms with van der Waals surface area (Å²) in [4.78, 5) is 28.2. The number of ether oxygens (including phenoxy) is 2. The lowest BCUT2D eigenvalue weighted by molar-refractivity contribution is -0.385. The molecule has 0 aliphatic heterocycles. The second kappa shape index (κ2) is 8.64. The molecule has 0 spiro atoms. The maximum atomic E-state index is 12.9. The van der Waals surface area contributed by atoms with Crippen molar-refractivity contribution in [2.75, 3.05) is 13.7 Å². The largest absolute Gasteiger partial charge is 0.493 e. The van der Waals surface area contributed by atoms with E-state index in [-0.39, 0.29) is 35.0 Å². The summed E-state index contributed by atoms with van der Waals surface area (Å²) in [6.45, 7) is 3.77. The molecule has 30 heavy (non-hydrogen) atoms. The van der Waals surface area contributed by atoms with Crippen LogP contribution in [0.2, 0.25) is 0 Å². The highest BCUT2D eigenvalue weighted by Gasteiger charge is 2.22. The average Bonchev–Trinajstić information content (AvgIpc) is 2.95. The van der Waals surface area contributed by atoms with E-state index in [1.54, 1.807) is 31.6 Å². The third-order valence-electron chi connectivity index (χ3n) is 4.63. The van der Waals surface area contributed by atoms with E-state index in [2.05, 4.69) is 4.99 Å². The van der Waals surface area contributed by atoms with E-state index in [0.29, 0.717) is 16.9 Å². The van der Waals surface area contributed by atoms with Gasteiger partial charge in [-0.15, -0.1) is 0 Å². The van der Waals surface area contributed by atoms with Gasteiger partial charge >= 0.3 is 5.69 Å². The SMILES string of the molecule is CCOc1c(OC)cc(C=Nc2c(C)n(C)n(-c3ccccc3)c2=O)cc1[N+](=O)[O-]. The first-order valence-electron chi connectivity index (χ1n) is 9.26. The van der Waals surface area contributed by atoms with Gasteiger partial charge in [0, 0.05) is 24.9 Å². The van der Waals surface area contributed by atoms with E-state index in [4.69, 9.17) is 9.47 Å². The Hall–Kier alpha value is -3.88. The molecule has 0 aliphatic rings. The molecular formula is C21H22N4O5. The van der Waals surface area contributed by atoms with E-state index in [1.165, 1.54) is 24.1 Å².